The zero-order valence-electron chi connectivity index (χ0n) is 12.1. The Kier molecular flexibility index (Phi) is 9.38. The third-order valence-corrected chi connectivity index (χ3v) is 2.01. The van der Waals surface area contributed by atoms with Gasteiger partial charge in [-0.1, -0.05) is 50.3 Å². The molecular weight excluding hydrogens is 220 g/mol. The average molecular weight is 244 g/mol. The average Bonchev–Trinajstić information content (AvgIpc) is 2.37. The summed E-state index contributed by atoms with van der Waals surface area (Å²) in [7, 11) is 0. The lowest BCUT2D eigenvalue weighted by Crippen LogP contribution is -1.90. The van der Waals surface area contributed by atoms with E-state index in [1.54, 1.807) is 0 Å². The number of aryl methyl sites for hydroxylation is 1. The first kappa shape index (κ1) is 16.2. The molecule has 1 aromatic rings. The molecule has 0 saturated carbocycles. The summed E-state index contributed by atoms with van der Waals surface area (Å²) in [6, 6.07) is 8.03. The fraction of sp³-hybridized carbons (Fsp3) is 0.294. The molecule has 98 valence electrons. The number of hydrogen-bond acceptors (Lipinski definition) is 1. The Labute approximate surface area is 111 Å². The van der Waals surface area contributed by atoms with E-state index in [1.165, 1.54) is 5.56 Å². The molecule has 0 aliphatic rings. The van der Waals surface area contributed by atoms with Gasteiger partial charge < -0.3 is 4.74 Å². The largest absolute Gasteiger partial charge is 0.462 e. The first-order valence-electron chi connectivity index (χ1n) is 6.43. The summed E-state index contributed by atoms with van der Waals surface area (Å²) in [5, 5.41) is 0. The maximum absolute atomic E-state index is 5.66. The molecule has 0 aliphatic heterocycles. The van der Waals surface area contributed by atoms with Crippen LogP contribution in [-0.4, -0.2) is 0 Å². The van der Waals surface area contributed by atoms with Gasteiger partial charge in [0.15, 0.2) is 0 Å². The van der Waals surface area contributed by atoms with Crippen molar-refractivity contribution in [3.05, 3.63) is 66.0 Å². The highest BCUT2D eigenvalue weighted by Gasteiger charge is 1.93. The molecule has 0 fully saturated rings. The van der Waals surface area contributed by atoms with Gasteiger partial charge in [-0.25, -0.2) is 0 Å². The predicted molar refractivity (Wildman–Crippen MR) is 80.9 cm³/mol. The topological polar surface area (TPSA) is 9.23 Å². The molecule has 1 aromatic carbocycles. The van der Waals surface area contributed by atoms with Crippen LogP contribution >= 0.6 is 0 Å². The molecule has 1 nitrogen and oxygen atoms in total. The first-order valence-corrected chi connectivity index (χ1v) is 6.43. The number of rotatable bonds is 4. The van der Waals surface area contributed by atoms with E-state index in [1.807, 2.05) is 76.3 Å². The third kappa shape index (κ3) is 7.50. The van der Waals surface area contributed by atoms with Crippen molar-refractivity contribution in [2.24, 2.45) is 0 Å². The van der Waals surface area contributed by atoms with Gasteiger partial charge in [0.05, 0.1) is 0 Å². The Bertz CT molecular complexity index is 411. The quantitative estimate of drug-likeness (QED) is 0.506. The lowest BCUT2D eigenvalue weighted by atomic mass is 10.2. The summed E-state index contributed by atoms with van der Waals surface area (Å²) < 4.78 is 5.66. The molecule has 0 N–H and O–H groups in total. The molecule has 0 saturated heterocycles. The molecule has 0 heterocycles. The number of benzene rings is 1. The zero-order valence-corrected chi connectivity index (χ0v) is 12.1. The smallest absolute Gasteiger partial charge is 0.127 e. The van der Waals surface area contributed by atoms with Gasteiger partial charge in [0.25, 0.3) is 0 Å². The number of allylic oxidation sites excluding steroid dienone is 6. The van der Waals surface area contributed by atoms with E-state index in [2.05, 4.69) is 13.0 Å². The summed E-state index contributed by atoms with van der Waals surface area (Å²) >= 11 is 0. The van der Waals surface area contributed by atoms with E-state index in [4.69, 9.17) is 4.74 Å². The van der Waals surface area contributed by atoms with Crippen molar-refractivity contribution in [2.45, 2.75) is 34.6 Å². The van der Waals surface area contributed by atoms with Gasteiger partial charge in [-0.3, -0.25) is 0 Å². The van der Waals surface area contributed by atoms with Crippen molar-refractivity contribution in [3.8, 4) is 5.75 Å². The molecule has 0 unspecified atom stereocenters. The van der Waals surface area contributed by atoms with Crippen LogP contribution in [0, 0.1) is 6.92 Å². The molecular formula is C17H24O. The molecule has 1 rings (SSSR count). The third-order valence-electron chi connectivity index (χ3n) is 2.01. The van der Waals surface area contributed by atoms with Crippen molar-refractivity contribution < 1.29 is 4.74 Å². The minimum atomic E-state index is 0.881. The Morgan fingerprint density at radius 2 is 1.83 bits per heavy atom. The summed E-state index contributed by atoms with van der Waals surface area (Å²) in [5.41, 5.74) is 1.20. The lowest BCUT2D eigenvalue weighted by molar-refractivity contribution is 0.427. The molecule has 0 aromatic heterocycles. The van der Waals surface area contributed by atoms with Crippen LogP contribution in [0.3, 0.4) is 0 Å². The Morgan fingerprint density at radius 1 is 1.11 bits per heavy atom. The summed E-state index contributed by atoms with van der Waals surface area (Å²) in [6.45, 7) is 9.99. The van der Waals surface area contributed by atoms with E-state index >= 15 is 0 Å². The Morgan fingerprint density at radius 3 is 2.44 bits per heavy atom. The van der Waals surface area contributed by atoms with Gasteiger partial charge in [-0.15, -0.1) is 0 Å². The summed E-state index contributed by atoms with van der Waals surface area (Å²) in [4.78, 5) is 0. The molecule has 0 bridgehead atoms. The maximum Gasteiger partial charge on any atom is 0.127 e. The van der Waals surface area contributed by atoms with Crippen LogP contribution in [0.15, 0.2) is 60.4 Å². The normalized spacial score (nSPS) is 11.5. The van der Waals surface area contributed by atoms with E-state index in [0.717, 1.165) is 11.5 Å². The van der Waals surface area contributed by atoms with Crippen LogP contribution in [-0.2, 0) is 0 Å². The maximum atomic E-state index is 5.66. The van der Waals surface area contributed by atoms with E-state index < -0.39 is 0 Å². The van der Waals surface area contributed by atoms with Crippen LogP contribution in [0.2, 0.25) is 0 Å². The number of hydrogen-bond donors (Lipinski definition) is 0. The van der Waals surface area contributed by atoms with Crippen molar-refractivity contribution in [3.63, 3.8) is 0 Å². The van der Waals surface area contributed by atoms with Gasteiger partial charge in [0.2, 0.25) is 0 Å². The molecule has 1 heteroatoms. The Hall–Kier alpha value is -1.76. The molecule has 0 aliphatic carbocycles. The molecule has 18 heavy (non-hydrogen) atoms. The SMILES string of the molecule is CC.C\C=C/C=C\C=C(/C)Oc1cccc(C)c1. The van der Waals surface area contributed by atoms with Crippen LogP contribution in [0.25, 0.3) is 0 Å². The number of ether oxygens (including phenoxy) is 1. The second-order valence-corrected chi connectivity index (χ2v) is 3.61. The summed E-state index contributed by atoms with van der Waals surface area (Å²) in [6.07, 6.45) is 9.86. The van der Waals surface area contributed by atoms with Crippen molar-refractivity contribution >= 4 is 0 Å². The molecule has 0 radical (unpaired) electrons. The van der Waals surface area contributed by atoms with Gasteiger partial charge >= 0.3 is 0 Å². The van der Waals surface area contributed by atoms with Crippen molar-refractivity contribution in [2.75, 3.05) is 0 Å². The van der Waals surface area contributed by atoms with Gasteiger partial charge in [0, 0.05) is 0 Å². The van der Waals surface area contributed by atoms with Gasteiger partial charge in [-0.05, 0) is 44.5 Å². The van der Waals surface area contributed by atoms with Gasteiger partial charge in [-0.2, -0.15) is 0 Å². The molecule has 0 amide bonds. The monoisotopic (exact) mass is 244 g/mol. The lowest BCUT2D eigenvalue weighted by Gasteiger charge is -2.05. The highest BCUT2D eigenvalue weighted by molar-refractivity contribution is 5.29. The molecule has 0 spiro atoms. The first-order chi connectivity index (χ1) is 8.72. The van der Waals surface area contributed by atoms with Crippen LogP contribution in [0.5, 0.6) is 5.75 Å². The van der Waals surface area contributed by atoms with E-state index in [-0.39, 0.29) is 0 Å². The van der Waals surface area contributed by atoms with E-state index in [0.29, 0.717) is 0 Å². The van der Waals surface area contributed by atoms with Crippen LogP contribution in [0.4, 0.5) is 0 Å². The zero-order chi connectivity index (χ0) is 13.8. The minimum Gasteiger partial charge on any atom is -0.462 e. The highest BCUT2D eigenvalue weighted by atomic mass is 16.5. The second-order valence-electron chi connectivity index (χ2n) is 3.61. The van der Waals surface area contributed by atoms with Gasteiger partial charge in [0.1, 0.15) is 11.5 Å². The highest BCUT2D eigenvalue weighted by Crippen LogP contribution is 2.15. The van der Waals surface area contributed by atoms with Crippen LogP contribution in [0.1, 0.15) is 33.3 Å². The fourth-order valence-corrected chi connectivity index (χ4v) is 1.27. The minimum absolute atomic E-state index is 0.881. The van der Waals surface area contributed by atoms with Crippen molar-refractivity contribution in [1.29, 1.82) is 0 Å². The fourth-order valence-electron chi connectivity index (χ4n) is 1.27. The second kappa shape index (κ2) is 10.4. The van der Waals surface area contributed by atoms with Crippen molar-refractivity contribution in [1.82, 2.24) is 0 Å². The van der Waals surface area contributed by atoms with Crippen LogP contribution < -0.4 is 4.74 Å². The van der Waals surface area contributed by atoms with E-state index in [9.17, 15) is 0 Å². The standard InChI is InChI=1S/C15H18O.C2H6/c1-4-5-6-7-10-14(3)16-15-11-8-9-13(2)12-15;1-2/h4-12H,1-3H3;1-2H3/b5-4-,7-6-,14-10+;. The summed E-state index contributed by atoms with van der Waals surface area (Å²) in [5.74, 6) is 1.76. The molecule has 0 atom stereocenters. The predicted octanol–water partition coefficient (Wildman–Crippen LogP) is 5.44. The Balaban J connectivity index is 0.00000137.